The monoisotopic (exact) mass is 299 g/mol. The van der Waals surface area contributed by atoms with Gasteiger partial charge in [0.2, 0.25) is 5.91 Å². The third-order valence-corrected chi connectivity index (χ3v) is 3.56. The first-order chi connectivity index (χ1) is 9.75. The molecule has 118 valence electrons. The van der Waals surface area contributed by atoms with Crippen LogP contribution in [-0.4, -0.2) is 51.9 Å². The Morgan fingerprint density at radius 2 is 2.00 bits per heavy atom. The standard InChI is InChI=1S/C13H21N3O5/c1-4-6-8(10(18)19)14-9(17)7-16-11(20)13(3,5-2)15-12(16)21/h8H,4-7H2,1-3H3,(H,14,17)(H,15,21)(H,18,19). The Hall–Kier alpha value is -2.12. The summed E-state index contributed by atoms with van der Waals surface area (Å²) in [6, 6.07) is -1.65. The first kappa shape index (κ1) is 16.9. The number of carbonyl (C=O) groups is 4. The second-order valence-corrected chi connectivity index (χ2v) is 5.25. The highest BCUT2D eigenvalue weighted by Gasteiger charge is 2.47. The van der Waals surface area contributed by atoms with Gasteiger partial charge in [-0.25, -0.2) is 9.59 Å². The molecule has 3 N–H and O–H groups in total. The quantitative estimate of drug-likeness (QED) is 0.576. The lowest BCUT2D eigenvalue weighted by Gasteiger charge is -2.19. The molecule has 0 bridgehead atoms. The molecule has 1 aliphatic rings. The first-order valence-corrected chi connectivity index (χ1v) is 6.91. The number of carboxylic acids is 1. The van der Waals surface area contributed by atoms with Crippen LogP contribution < -0.4 is 10.6 Å². The van der Waals surface area contributed by atoms with Crippen molar-refractivity contribution in [3.63, 3.8) is 0 Å². The van der Waals surface area contributed by atoms with Crippen molar-refractivity contribution in [2.24, 2.45) is 0 Å². The fraction of sp³-hybridized carbons (Fsp3) is 0.692. The molecular weight excluding hydrogens is 278 g/mol. The van der Waals surface area contributed by atoms with Crippen LogP contribution in [0.1, 0.15) is 40.0 Å². The van der Waals surface area contributed by atoms with E-state index in [-0.39, 0.29) is 6.42 Å². The van der Waals surface area contributed by atoms with Gasteiger partial charge in [-0.15, -0.1) is 0 Å². The van der Waals surface area contributed by atoms with Gasteiger partial charge in [-0.2, -0.15) is 0 Å². The normalized spacial score (nSPS) is 22.9. The van der Waals surface area contributed by atoms with E-state index in [0.29, 0.717) is 12.8 Å². The van der Waals surface area contributed by atoms with Crippen LogP contribution in [0, 0.1) is 0 Å². The zero-order chi connectivity index (χ0) is 16.2. The van der Waals surface area contributed by atoms with Gasteiger partial charge in [0.25, 0.3) is 5.91 Å². The van der Waals surface area contributed by atoms with Gasteiger partial charge in [0, 0.05) is 0 Å². The van der Waals surface area contributed by atoms with Gasteiger partial charge in [0.15, 0.2) is 0 Å². The Bertz CT molecular complexity index is 465. The summed E-state index contributed by atoms with van der Waals surface area (Å²) in [5, 5.41) is 13.8. The van der Waals surface area contributed by atoms with Crippen molar-refractivity contribution in [3.8, 4) is 0 Å². The zero-order valence-electron chi connectivity index (χ0n) is 12.4. The second-order valence-electron chi connectivity index (χ2n) is 5.25. The molecule has 2 unspecified atom stereocenters. The third-order valence-electron chi connectivity index (χ3n) is 3.56. The summed E-state index contributed by atoms with van der Waals surface area (Å²) < 4.78 is 0. The zero-order valence-corrected chi connectivity index (χ0v) is 12.4. The van der Waals surface area contributed by atoms with Crippen molar-refractivity contribution in [1.29, 1.82) is 0 Å². The van der Waals surface area contributed by atoms with E-state index in [4.69, 9.17) is 5.11 Å². The lowest BCUT2D eigenvalue weighted by Crippen LogP contribution is -2.48. The fourth-order valence-electron chi connectivity index (χ4n) is 2.06. The summed E-state index contributed by atoms with van der Waals surface area (Å²) in [7, 11) is 0. The molecule has 1 saturated heterocycles. The number of hydrogen-bond acceptors (Lipinski definition) is 4. The number of nitrogens with one attached hydrogen (secondary N) is 2. The smallest absolute Gasteiger partial charge is 0.326 e. The molecule has 1 fully saturated rings. The van der Waals surface area contributed by atoms with Gasteiger partial charge >= 0.3 is 12.0 Å². The van der Waals surface area contributed by atoms with E-state index >= 15 is 0 Å². The van der Waals surface area contributed by atoms with E-state index in [9.17, 15) is 19.2 Å². The minimum absolute atomic E-state index is 0.286. The van der Waals surface area contributed by atoms with Crippen molar-refractivity contribution in [2.75, 3.05) is 6.54 Å². The summed E-state index contributed by atoms with van der Waals surface area (Å²) in [6.07, 6.45) is 1.28. The van der Waals surface area contributed by atoms with Crippen LogP contribution in [-0.2, 0) is 14.4 Å². The number of urea groups is 1. The highest BCUT2D eigenvalue weighted by atomic mass is 16.4. The average molecular weight is 299 g/mol. The number of nitrogens with zero attached hydrogens (tertiary/aromatic N) is 1. The lowest BCUT2D eigenvalue weighted by atomic mass is 9.99. The van der Waals surface area contributed by atoms with Crippen LogP contribution in [0.3, 0.4) is 0 Å². The summed E-state index contributed by atoms with van der Waals surface area (Å²) >= 11 is 0. The van der Waals surface area contributed by atoms with Gasteiger partial charge < -0.3 is 15.7 Å². The minimum Gasteiger partial charge on any atom is -0.480 e. The maximum atomic E-state index is 12.1. The number of aliphatic carboxylic acids is 1. The van der Waals surface area contributed by atoms with E-state index < -0.39 is 41.9 Å². The Morgan fingerprint density at radius 3 is 2.43 bits per heavy atom. The predicted molar refractivity (Wildman–Crippen MR) is 73.4 cm³/mol. The molecule has 2 atom stereocenters. The van der Waals surface area contributed by atoms with E-state index in [1.807, 2.05) is 0 Å². The number of carboxylic acid groups (broad SMARTS) is 1. The molecule has 0 aromatic carbocycles. The second kappa shape index (κ2) is 6.55. The van der Waals surface area contributed by atoms with E-state index in [1.165, 1.54) is 0 Å². The molecule has 0 aromatic rings. The molecule has 1 rings (SSSR count). The first-order valence-electron chi connectivity index (χ1n) is 6.91. The van der Waals surface area contributed by atoms with E-state index in [0.717, 1.165) is 4.90 Å². The molecule has 1 heterocycles. The largest absolute Gasteiger partial charge is 0.480 e. The summed E-state index contributed by atoms with van der Waals surface area (Å²) in [5.74, 6) is -2.28. The Morgan fingerprint density at radius 1 is 1.38 bits per heavy atom. The van der Waals surface area contributed by atoms with E-state index in [1.54, 1.807) is 20.8 Å². The molecule has 8 heteroatoms. The van der Waals surface area contributed by atoms with Crippen molar-refractivity contribution in [1.82, 2.24) is 15.5 Å². The van der Waals surface area contributed by atoms with Crippen LogP contribution in [0.2, 0.25) is 0 Å². The maximum Gasteiger partial charge on any atom is 0.326 e. The van der Waals surface area contributed by atoms with Crippen molar-refractivity contribution >= 4 is 23.8 Å². The van der Waals surface area contributed by atoms with Crippen LogP contribution in [0.4, 0.5) is 4.79 Å². The fourth-order valence-corrected chi connectivity index (χ4v) is 2.06. The number of imide groups is 1. The molecule has 0 radical (unpaired) electrons. The highest BCUT2D eigenvalue weighted by Crippen LogP contribution is 2.20. The topological polar surface area (TPSA) is 116 Å². The summed E-state index contributed by atoms with van der Waals surface area (Å²) in [6.45, 7) is 4.66. The lowest BCUT2D eigenvalue weighted by molar-refractivity contribution is -0.142. The Kier molecular flexibility index (Phi) is 5.28. The number of rotatable bonds is 7. The van der Waals surface area contributed by atoms with Crippen molar-refractivity contribution < 1.29 is 24.3 Å². The molecule has 4 amide bonds. The minimum atomic E-state index is -1.14. The Balaban J connectivity index is 2.69. The van der Waals surface area contributed by atoms with Crippen LogP contribution in [0.15, 0.2) is 0 Å². The molecular formula is C13H21N3O5. The Labute approximate surface area is 122 Å². The number of hydrogen-bond donors (Lipinski definition) is 3. The molecule has 0 saturated carbocycles. The van der Waals surface area contributed by atoms with E-state index in [2.05, 4.69) is 10.6 Å². The van der Waals surface area contributed by atoms with Gasteiger partial charge in [-0.1, -0.05) is 20.3 Å². The molecule has 0 aromatic heterocycles. The summed E-state index contributed by atoms with van der Waals surface area (Å²) in [4.78, 5) is 47.4. The van der Waals surface area contributed by atoms with Crippen LogP contribution in [0.25, 0.3) is 0 Å². The van der Waals surface area contributed by atoms with Crippen LogP contribution >= 0.6 is 0 Å². The van der Waals surface area contributed by atoms with Crippen LogP contribution in [0.5, 0.6) is 0 Å². The predicted octanol–water partition coefficient (Wildman–Crippen LogP) is 0.0764. The molecule has 0 aliphatic carbocycles. The SMILES string of the molecule is CCCC(NC(=O)CN1C(=O)NC(C)(CC)C1=O)C(=O)O. The molecule has 1 aliphatic heterocycles. The van der Waals surface area contributed by atoms with Gasteiger partial charge in [-0.05, 0) is 19.8 Å². The van der Waals surface area contributed by atoms with Gasteiger partial charge in [0.1, 0.15) is 18.1 Å². The number of amides is 4. The summed E-state index contributed by atoms with van der Waals surface area (Å²) in [5.41, 5.74) is -1.01. The molecule has 0 spiro atoms. The average Bonchev–Trinajstić information content (AvgIpc) is 2.62. The number of carbonyl (C=O) groups excluding carboxylic acids is 3. The molecule has 8 nitrogen and oxygen atoms in total. The molecule has 21 heavy (non-hydrogen) atoms. The van der Waals surface area contributed by atoms with Crippen molar-refractivity contribution in [2.45, 2.75) is 51.6 Å². The van der Waals surface area contributed by atoms with Crippen molar-refractivity contribution in [3.05, 3.63) is 0 Å². The highest BCUT2D eigenvalue weighted by molar-refractivity contribution is 6.08. The third kappa shape index (κ3) is 3.71. The van der Waals surface area contributed by atoms with Gasteiger partial charge in [0.05, 0.1) is 0 Å². The van der Waals surface area contributed by atoms with Gasteiger partial charge in [-0.3, -0.25) is 14.5 Å². The maximum absolute atomic E-state index is 12.1.